The minimum Gasteiger partial charge on any atom is -0.375 e. The van der Waals surface area contributed by atoms with Crippen LogP contribution in [0.5, 0.6) is 0 Å². The van der Waals surface area contributed by atoms with Crippen LogP contribution in [-0.4, -0.2) is 38.9 Å². The summed E-state index contributed by atoms with van der Waals surface area (Å²) in [6.07, 6.45) is 3.70. The molecule has 4 N–H and O–H groups in total. The predicted octanol–water partition coefficient (Wildman–Crippen LogP) is 2.84. The molecule has 0 aliphatic carbocycles. The van der Waals surface area contributed by atoms with E-state index in [1.807, 2.05) is 6.26 Å². The number of nitrogens with one attached hydrogen (secondary N) is 2. The van der Waals surface area contributed by atoms with Crippen molar-refractivity contribution >= 4 is 55.6 Å². The highest BCUT2D eigenvalue weighted by atomic mass is 33.1. The minimum absolute atomic E-state index is 0.0676. The summed E-state index contributed by atoms with van der Waals surface area (Å²) in [5, 5.41) is 7.58. The van der Waals surface area contributed by atoms with E-state index in [4.69, 9.17) is 5.73 Å². The lowest BCUT2D eigenvalue weighted by Gasteiger charge is -2.22. The van der Waals surface area contributed by atoms with Crippen LogP contribution in [0, 0.1) is 0 Å². The zero-order valence-corrected chi connectivity index (χ0v) is 16.9. The Labute approximate surface area is 158 Å². The van der Waals surface area contributed by atoms with Gasteiger partial charge in [0.25, 0.3) is 11.8 Å². The van der Waals surface area contributed by atoms with Gasteiger partial charge in [-0.25, -0.2) is 4.98 Å². The van der Waals surface area contributed by atoms with Crippen molar-refractivity contribution in [3.05, 3.63) is 29.0 Å². The van der Waals surface area contributed by atoms with E-state index < -0.39 is 0 Å². The summed E-state index contributed by atoms with van der Waals surface area (Å²) in [5.74, 6) is -0.543. The first-order valence-corrected chi connectivity index (χ1v) is 10.8. The lowest BCUT2D eigenvalue weighted by atomic mass is 10.2. The molecule has 0 aromatic carbocycles. The zero-order valence-electron chi connectivity index (χ0n) is 14.5. The molecule has 0 aliphatic heterocycles. The van der Waals surface area contributed by atoms with Crippen LogP contribution in [0.2, 0.25) is 0 Å². The van der Waals surface area contributed by atoms with E-state index in [2.05, 4.69) is 29.5 Å². The molecule has 0 spiro atoms. The fraction of sp³-hybridized carbons (Fsp3) is 0.400. The first-order chi connectivity index (χ1) is 11.7. The van der Waals surface area contributed by atoms with Crippen LogP contribution in [0.25, 0.3) is 0 Å². The van der Waals surface area contributed by atoms with Gasteiger partial charge >= 0.3 is 0 Å². The maximum atomic E-state index is 12.4. The van der Waals surface area contributed by atoms with Crippen molar-refractivity contribution in [1.29, 1.82) is 0 Å². The number of nitrogen functional groups attached to an aromatic ring is 1. The number of carbonyl (C=O) groups is 2. The van der Waals surface area contributed by atoms with Gasteiger partial charge in [0.15, 0.2) is 5.13 Å². The highest BCUT2D eigenvalue weighted by Crippen LogP contribution is 2.32. The largest absolute Gasteiger partial charge is 0.375 e. The second-order valence-corrected chi connectivity index (χ2v) is 9.94. The van der Waals surface area contributed by atoms with Crippen molar-refractivity contribution in [2.45, 2.75) is 18.6 Å². The molecule has 25 heavy (non-hydrogen) atoms. The van der Waals surface area contributed by atoms with Crippen LogP contribution < -0.4 is 16.4 Å². The topological polar surface area (TPSA) is 102 Å². The maximum absolute atomic E-state index is 12.4. The Hall–Kier alpha value is -1.65. The number of nitrogens with zero attached hydrogens (tertiary/aromatic N) is 2. The lowest BCUT2D eigenvalue weighted by Crippen LogP contribution is -2.36. The summed E-state index contributed by atoms with van der Waals surface area (Å²) in [4.78, 5) is 28.4. The quantitative estimate of drug-likeness (QED) is 0.619. The molecule has 2 amide bonds. The molecular formula is C15H21N5O2S3. The van der Waals surface area contributed by atoms with Gasteiger partial charge in [-0.15, -0.1) is 11.3 Å². The van der Waals surface area contributed by atoms with Gasteiger partial charge in [0, 0.05) is 29.9 Å². The molecule has 0 saturated carbocycles. The Morgan fingerprint density at radius 2 is 2.12 bits per heavy atom. The van der Waals surface area contributed by atoms with Crippen LogP contribution in [0.15, 0.2) is 17.6 Å². The fourth-order valence-corrected chi connectivity index (χ4v) is 4.74. The smallest absolute Gasteiger partial charge is 0.275 e. The van der Waals surface area contributed by atoms with E-state index in [0.717, 1.165) is 0 Å². The summed E-state index contributed by atoms with van der Waals surface area (Å²) >= 11 is 1.20. The molecule has 0 bridgehead atoms. The highest BCUT2D eigenvalue weighted by molar-refractivity contribution is 8.76. The number of anilines is 2. The number of nitrogens with two attached hydrogens (primary N) is 1. The van der Waals surface area contributed by atoms with Gasteiger partial charge in [-0.05, 0) is 26.2 Å². The van der Waals surface area contributed by atoms with Crippen molar-refractivity contribution in [3.63, 3.8) is 0 Å². The van der Waals surface area contributed by atoms with Crippen molar-refractivity contribution in [2.24, 2.45) is 7.05 Å². The van der Waals surface area contributed by atoms with Gasteiger partial charge in [-0.3, -0.25) is 9.59 Å². The van der Waals surface area contributed by atoms with Crippen molar-refractivity contribution < 1.29 is 9.59 Å². The van der Waals surface area contributed by atoms with Gasteiger partial charge in [0.1, 0.15) is 11.4 Å². The third kappa shape index (κ3) is 5.41. The molecule has 2 aromatic rings. The predicted molar refractivity (Wildman–Crippen MR) is 107 cm³/mol. The summed E-state index contributed by atoms with van der Waals surface area (Å²) in [7, 11) is 5.14. The minimum atomic E-state index is -0.358. The highest BCUT2D eigenvalue weighted by Gasteiger charge is 2.21. The molecule has 2 aromatic heterocycles. The van der Waals surface area contributed by atoms with E-state index in [1.165, 1.54) is 11.3 Å². The second kappa shape index (κ2) is 8.15. The Kier molecular flexibility index (Phi) is 6.42. The van der Waals surface area contributed by atoms with E-state index in [-0.39, 0.29) is 22.3 Å². The molecule has 0 radical (unpaired) electrons. The Bertz CT molecular complexity index is 769. The first-order valence-electron chi connectivity index (χ1n) is 7.40. The van der Waals surface area contributed by atoms with E-state index in [0.29, 0.717) is 23.1 Å². The Morgan fingerprint density at radius 1 is 1.40 bits per heavy atom. The standard InChI is InChI=1S/C15H21N5O2S3/c1-15(2,25-23-4)8-17-13(22)11-5-9(6-20(11)3)18-12(21)10-7-24-14(16)19-10/h5-7H,8H2,1-4H3,(H2,16,19)(H,17,22)(H,18,21). The second-order valence-electron chi connectivity index (χ2n) is 5.94. The average molecular weight is 400 g/mol. The van der Waals surface area contributed by atoms with Gasteiger partial charge in [-0.1, -0.05) is 21.6 Å². The van der Waals surface area contributed by atoms with E-state index >= 15 is 0 Å². The number of amides is 2. The maximum Gasteiger partial charge on any atom is 0.275 e. The van der Waals surface area contributed by atoms with Gasteiger partial charge in [0.2, 0.25) is 0 Å². The number of hydrogen-bond acceptors (Lipinski definition) is 7. The van der Waals surface area contributed by atoms with Crippen LogP contribution in [0.1, 0.15) is 34.8 Å². The number of thiazole rings is 1. The molecule has 2 heterocycles. The van der Waals surface area contributed by atoms with Crippen LogP contribution >= 0.6 is 32.9 Å². The molecule has 2 rings (SSSR count). The number of carbonyl (C=O) groups excluding carboxylic acids is 2. The molecule has 0 unspecified atom stereocenters. The Morgan fingerprint density at radius 3 is 2.72 bits per heavy atom. The van der Waals surface area contributed by atoms with Gasteiger partial charge < -0.3 is 20.9 Å². The third-order valence-corrected chi connectivity index (χ3v) is 6.52. The van der Waals surface area contributed by atoms with Gasteiger partial charge in [0.05, 0.1) is 5.69 Å². The van der Waals surface area contributed by atoms with Crippen LogP contribution in [-0.2, 0) is 7.05 Å². The van der Waals surface area contributed by atoms with Crippen molar-refractivity contribution in [1.82, 2.24) is 14.9 Å². The summed E-state index contributed by atoms with van der Waals surface area (Å²) in [6.45, 7) is 4.69. The number of hydrogen-bond donors (Lipinski definition) is 3. The molecule has 0 fully saturated rings. The van der Waals surface area contributed by atoms with Gasteiger partial charge in [-0.2, -0.15) is 0 Å². The fourth-order valence-electron chi connectivity index (χ4n) is 2.08. The average Bonchev–Trinajstić information content (AvgIpc) is 3.11. The van der Waals surface area contributed by atoms with E-state index in [9.17, 15) is 9.59 Å². The van der Waals surface area contributed by atoms with Crippen molar-refractivity contribution in [3.8, 4) is 0 Å². The van der Waals surface area contributed by atoms with Crippen molar-refractivity contribution in [2.75, 3.05) is 23.9 Å². The molecule has 7 nitrogen and oxygen atoms in total. The third-order valence-electron chi connectivity index (χ3n) is 3.23. The molecule has 0 aliphatic rings. The molecular weight excluding hydrogens is 378 g/mol. The normalized spacial score (nSPS) is 11.4. The lowest BCUT2D eigenvalue weighted by molar-refractivity contribution is 0.0941. The molecule has 0 saturated heterocycles. The van der Waals surface area contributed by atoms with E-state index in [1.54, 1.807) is 50.8 Å². The Balaban J connectivity index is 2.01. The SMILES string of the molecule is CSSC(C)(C)CNC(=O)c1cc(NC(=O)c2csc(N)n2)cn1C. The summed E-state index contributed by atoms with van der Waals surface area (Å²) in [6, 6.07) is 1.64. The zero-order chi connectivity index (χ0) is 18.6. The number of aromatic nitrogens is 2. The first kappa shape index (κ1) is 19.7. The molecule has 10 heteroatoms. The molecule has 136 valence electrons. The summed E-state index contributed by atoms with van der Waals surface area (Å²) in [5.41, 5.74) is 6.79. The molecule has 0 atom stereocenters. The number of rotatable bonds is 7. The monoisotopic (exact) mass is 399 g/mol. The van der Waals surface area contributed by atoms with Crippen LogP contribution in [0.4, 0.5) is 10.8 Å². The number of aryl methyl sites for hydroxylation is 1. The van der Waals surface area contributed by atoms with Crippen LogP contribution in [0.3, 0.4) is 0 Å². The summed E-state index contributed by atoms with van der Waals surface area (Å²) < 4.78 is 1.61.